The summed E-state index contributed by atoms with van der Waals surface area (Å²) >= 11 is 5.99. The van der Waals surface area contributed by atoms with Gasteiger partial charge < -0.3 is 14.8 Å². The molecule has 9 heteroatoms. The second kappa shape index (κ2) is 8.72. The Labute approximate surface area is 191 Å². The molecule has 1 N–H and O–H groups in total. The van der Waals surface area contributed by atoms with Crippen molar-refractivity contribution in [1.29, 1.82) is 0 Å². The Bertz CT molecular complexity index is 1260. The third kappa shape index (κ3) is 4.37. The molecular formula is C23H21ClN2O5S. The summed E-state index contributed by atoms with van der Waals surface area (Å²) in [4.78, 5) is 13.0. The highest BCUT2D eigenvalue weighted by Crippen LogP contribution is 2.38. The van der Waals surface area contributed by atoms with Crippen LogP contribution in [0.3, 0.4) is 0 Å². The lowest BCUT2D eigenvalue weighted by molar-refractivity contribution is -0.122. The number of amides is 1. The van der Waals surface area contributed by atoms with Crippen molar-refractivity contribution in [3.05, 3.63) is 77.3 Å². The van der Waals surface area contributed by atoms with Gasteiger partial charge in [0.05, 0.1) is 24.2 Å². The molecule has 1 unspecified atom stereocenters. The van der Waals surface area contributed by atoms with Crippen molar-refractivity contribution in [2.45, 2.75) is 17.9 Å². The topological polar surface area (TPSA) is 84.9 Å². The number of carbonyl (C=O) groups excluding carboxylic acids is 1. The molecule has 1 amide bonds. The van der Waals surface area contributed by atoms with E-state index < -0.39 is 22.0 Å². The zero-order chi connectivity index (χ0) is 22.9. The lowest BCUT2D eigenvalue weighted by atomic mass is 10.1. The van der Waals surface area contributed by atoms with E-state index in [0.717, 1.165) is 5.56 Å². The Hall–Kier alpha value is -3.23. The normalized spacial score (nSPS) is 15.5. The number of benzene rings is 3. The van der Waals surface area contributed by atoms with Gasteiger partial charge in [-0.2, -0.15) is 0 Å². The second-order valence-electron chi connectivity index (χ2n) is 7.29. The minimum Gasteiger partial charge on any atom is -0.497 e. The molecule has 0 aromatic heterocycles. The molecule has 3 aromatic rings. The fourth-order valence-electron chi connectivity index (χ4n) is 3.39. The van der Waals surface area contributed by atoms with Crippen LogP contribution in [0.15, 0.2) is 71.6 Å². The van der Waals surface area contributed by atoms with Crippen molar-refractivity contribution < 1.29 is 22.7 Å². The fourth-order valence-corrected chi connectivity index (χ4v) is 5.06. The van der Waals surface area contributed by atoms with Crippen LogP contribution in [0, 0.1) is 6.92 Å². The summed E-state index contributed by atoms with van der Waals surface area (Å²) in [6, 6.07) is 18.0. The van der Waals surface area contributed by atoms with E-state index in [1.165, 1.54) is 23.5 Å². The van der Waals surface area contributed by atoms with Crippen molar-refractivity contribution in [3.63, 3.8) is 0 Å². The largest absolute Gasteiger partial charge is 0.497 e. The molecule has 0 fully saturated rings. The Balaban J connectivity index is 1.69. The minimum absolute atomic E-state index is 0.0840. The highest BCUT2D eigenvalue weighted by Gasteiger charge is 2.37. The van der Waals surface area contributed by atoms with Crippen molar-refractivity contribution in [2.75, 3.05) is 23.3 Å². The number of fused-ring (bicyclic) bond motifs is 1. The zero-order valence-electron chi connectivity index (χ0n) is 17.4. The summed E-state index contributed by atoms with van der Waals surface area (Å²) in [5, 5.41) is 3.21. The van der Waals surface area contributed by atoms with Gasteiger partial charge in [-0.25, -0.2) is 8.42 Å². The van der Waals surface area contributed by atoms with E-state index in [1.807, 2.05) is 6.92 Å². The smallest absolute Gasteiger partial charge is 0.267 e. The first-order valence-corrected chi connectivity index (χ1v) is 11.6. The van der Waals surface area contributed by atoms with E-state index in [1.54, 1.807) is 54.6 Å². The van der Waals surface area contributed by atoms with Gasteiger partial charge in [0.15, 0.2) is 6.10 Å². The molecule has 0 saturated carbocycles. The van der Waals surface area contributed by atoms with Gasteiger partial charge in [0.25, 0.3) is 15.9 Å². The van der Waals surface area contributed by atoms with Gasteiger partial charge in [0, 0.05) is 10.7 Å². The number of anilines is 2. The van der Waals surface area contributed by atoms with Crippen LogP contribution in [0.4, 0.5) is 11.4 Å². The number of hydrogen-bond acceptors (Lipinski definition) is 5. The number of methoxy groups -OCH3 is 1. The van der Waals surface area contributed by atoms with Gasteiger partial charge in [-0.05, 0) is 67.1 Å². The molecule has 0 bridgehead atoms. The van der Waals surface area contributed by atoms with Crippen molar-refractivity contribution >= 4 is 38.9 Å². The highest BCUT2D eigenvalue weighted by atomic mass is 35.5. The van der Waals surface area contributed by atoms with E-state index in [-0.39, 0.29) is 11.4 Å². The molecule has 4 rings (SSSR count). The number of rotatable bonds is 5. The molecule has 7 nitrogen and oxygen atoms in total. The Kier molecular flexibility index (Phi) is 5.99. The summed E-state index contributed by atoms with van der Waals surface area (Å²) in [5.74, 6) is 0.384. The van der Waals surface area contributed by atoms with Crippen LogP contribution in [-0.2, 0) is 14.8 Å². The number of aryl methyl sites for hydroxylation is 1. The number of sulfonamides is 1. The summed E-state index contributed by atoms with van der Waals surface area (Å²) < 4.78 is 39.2. The molecule has 1 heterocycles. The van der Waals surface area contributed by atoms with Gasteiger partial charge in [0.2, 0.25) is 0 Å². The maximum absolute atomic E-state index is 13.5. The predicted octanol–water partition coefficient (Wildman–Crippen LogP) is 4.25. The fraction of sp³-hybridized carbons (Fsp3) is 0.174. The quantitative estimate of drug-likeness (QED) is 0.600. The first-order valence-electron chi connectivity index (χ1n) is 9.78. The summed E-state index contributed by atoms with van der Waals surface area (Å²) in [6.07, 6.45) is -1.06. The number of carbonyl (C=O) groups is 1. The second-order valence-corrected chi connectivity index (χ2v) is 9.59. The molecule has 0 aliphatic carbocycles. The van der Waals surface area contributed by atoms with Crippen LogP contribution in [-0.4, -0.2) is 34.1 Å². The van der Waals surface area contributed by atoms with E-state index >= 15 is 0 Å². The van der Waals surface area contributed by atoms with Crippen LogP contribution in [0.5, 0.6) is 11.5 Å². The van der Waals surface area contributed by atoms with E-state index in [9.17, 15) is 13.2 Å². The van der Waals surface area contributed by atoms with Crippen LogP contribution in [0.25, 0.3) is 0 Å². The molecular weight excluding hydrogens is 452 g/mol. The highest BCUT2D eigenvalue weighted by molar-refractivity contribution is 7.92. The monoisotopic (exact) mass is 472 g/mol. The Morgan fingerprint density at radius 2 is 1.88 bits per heavy atom. The number of ether oxygens (including phenoxy) is 2. The third-order valence-corrected chi connectivity index (χ3v) is 7.05. The van der Waals surface area contributed by atoms with Gasteiger partial charge in [0.1, 0.15) is 11.5 Å². The van der Waals surface area contributed by atoms with Gasteiger partial charge in [-0.3, -0.25) is 9.10 Å². The first kappa shape index (κ1) is 22.0. The van der Waals surface area contributed by atoms with Crippen molar-refractivity contribution in [3.8, 4) is 11.5 Å². The molecule has 166 valence electrons. The van der Waals surface area contributed by atoms with Crippen molar-refractivity contribution in [2.24, 2.45) is 0 Å². The van der Waals surface area contributed by atoms with Crippen LogP contribution >= 0.6 is 11.6 Å². The SMILES string of the molecule is COc1ccc(S(=O)(=O)N2CC(C(=O)Nc3cccc(Cl)c3)Oc3cc(C)ccc32)cc1. The molecule has 3 aromatic carbocycles. The maximum Gasteiger partial charge on any atom is 0.267 e. The van der Waals surface area contributed by atoms with Gasteiger partial charge in [-0.1, -0.05) is 23.7 Å². The number of nitrogens with one attached hydrogen (secondary N) is 1. The van der Waals surface area contributed by atoms with Crippen LogP contribution < -0.4 is 19.1 Å². The summed E-state index contributed by atoms with van der Waals surface area (Å²) in [5.41, 5.74) is 1.74. The lowest BCUT2D eigenvalue weighted by Gasteiger charge is -2.35. The van der Waals surface area contributed by atoms with Crippen molar-refractivity contribution in [1.82, 2.24) is 0 Å². The predicted molar refractivity (Wildman–Crippen MR) is 123 cm³/mol. The van der Waals surface area contributed by atoms with E-state index in [0.29, 0.717) is 27.9 Å². The van der Waals surface area contributed by atoms with Crippen LogP contribution in [0.2, 0.25) is 5.02 Å². The maximum atomic E-state index is 13.5. The molecule has 1 aliphatic heterocycles. The van der Waals surface area contributed by atoms with E-state index in [2.05, 4.69) is 5.32 Å². The minimum atomic E-state index is -3.96. The first-order chi connectivity index (χ1) is 15.3. The van der Waals surface area contributed by atoms with Gasteiger partial charge >= 0.3 is 0 Å². The summed E-state index contributed by atoms with van der Waals surface area (Å²) in [7, 11) is -2.46. The van der Waals surface area contributed by atoms with Gasteiger partial charge in [-0.15, -0.1) is 0 Å². The van der Waals surface area contributed by atoms with Crippen LogP contribution in [0.1, 0.15) is 5.56 Å². The Morgan fingerprint density at radius 3 is 2.56 bits per heavy atom. The lowest BCUT2D eigenvalue weighted by Crippen LogP contribution is -2.48. The number of halogens is 1. The average molecular weight is 473 g/mol. The molecule has 0 saturated heterocycles. The molecule has 0 radical (unpaired) electrons. The third-order valence-electron chi connectivity index (χ3n) is 5.02. The number of hydrogen-bond donors (Lipinski definition) is 1. The summed E-state index contributed by atoms with van der Waals surface area (Å²) in [6.45, 7) is 1.68. The molecule has 0 spiro atoms. The zero-order valence-corrected chi connectivity index (χ0v) is 19.0. The molecule has 1 atom stereocenters. The molecule has 1 aliphatic rings. The Morgan fingerprint density at radius 1 is 1.12 bits per heavy atom. The standard InChI is InChI=1S/C23H21ClN2O5S/c1-15-6-11-20-21(12-15)31-22(23(27)25-17-5-3-4-16(24)13-17)14-26(20)32(28,29)19-9-7-18(30-2)8-10-19/h3-13,22H,14H2,1-2H3,(H,25,27). The molecule has 32 heavy (non-hydrogen) atoms. The number of nitrogens with zero attached hydrogens (tertiary/aromatic N) is 1. The van der Waals surface area contributed by atoms with E-state index in [4.69, 9.17) is 21.1 Å². The average Bonchev–Trinajstić information content (AvgIpc) is 2.78.